The van der Waals surface area contributed by atoms with Crippen LogP contribution in [-0.2, 0) is 19.3 Å². The highest BCUT2D eigenvalue weighted by Gasteiger charge is 2.28. The molecule has 0 aliphatic heterocycles. The molecular weight excluding hydrogens is 328 g/mol. The number of phenolic OH excluding ortho intramolecular Hbond substituents is 1. The van der Waals surface area contributed by atoms with Gasteiger partial charge in [-0.2, -0.15) is 10.3 Å². The molecule has 2 heterocycles. The lowest BCUT2D eigenvalue weighted by atomic mass is 9.81. The van der Waals surface area contributed by atoms with E-state index in [1.165, 1.54) is 16.7 Å². The predicted molar refractivity (Wildman–Crippen MR) is 97.3 cm³/mol. The number of H-pyrrole nitrogens is 2. The van der Waals surface area contributed by atoms with Gasteiger partial charge in [-0.05, 0) is 68.7 Å². The molecule has 1 atom stereocenters. The van der Waals surface area contributed by atoms with Crippen molar-refractivity contribution in [3.05, 3.63) is 51.1 Å². The van der Waals surface area contributed by atoms with Gasteiger partial charge in [0.15, 0.2) is 5.82 Å². The van der Waals surface area contributed by atoms with Crippen molar-refractivity contribution in [2.45, 2.75) is 58.8 Å². The summed E-state index contributed by atoms with van der Waals surface area (Å²) in [4.78, 5) is 0. The van der Waals surface area contributed by atoms with Gasteiger partial charge in [-0.25, -0.2) is 0 Å². The highest BCUT2D eigenvalue weighted by Crippen LogP contribution is 2.42. The summed E-state index contributed by atoms with van der Waals surface area (Å²) in [5, 5.41) is 32.4. The first kappa shape index (κ1) is 16.8. The fraction of sp³-hybridized carbons (Fsp3) is 0.474. The molecule has 4 rings (SSSR count). The zero-order valence-electron chi connectivity index (χ0n) is 15.4. The molecule has 2 aromatic heterocycles. The molecule has 7 nitrogen and oxygen atoms in total. The molecule has 3 N–H and O–H groups in total. The number of aromatic nitrogens is 6. The van der Waals surface area contributed by atoms with E-state index < -0.39 is 0 Å². The van der Waals surface area contributed by atoms with Crippen LogP contribution in [-0.4, -0.2) is 35.9 Å². The Hall–Kier alpha value is -2.70. The number of hydrogen-bond acceptors (Lipinski definition) is 5. The van der Waals surface area contributed by atoms with E-state index >= 15 is 0 Å². The van der Waals surface area contributed by atoms with Crippen molar-refractivity contribution in [3.63, 3.8) is 0 Å². The van der Waals surface area contributed by atoms with Crippen LogP contribution in [0.3, 0.4) is 0 Å². The molecule has 0 spiro atoms. The second-order valence-corrected chi connectivity index (χ2v) is 7.21. The lowest BCUT2D eigenvalue weighted by Crippen LogP contribution is -2.10. The highest BCUT2D eigenvalue weighted by molar-refractivity contribution is 5.55. The van der Waals surface area contributed by atoms with E-state index in [1.54, 1.807) is 0 Å². The van der Waals surface area contributed by atoms with Crippen LogP contribution in [0.2, 0.25) is 0 Å². The van der Waals surface area contributed by atoms with Crippen LogP contribution >= 0.6 is 0 Å². The molecule has 1 unspecified atom stereocenters. The van der Waals surface area contributed by atoms with E-state index in [0.717, 1.165) is 60.4 Å². The molecule has 0 bridgehead atoms. The second kappa shape index (κ2) is 6.55. The maximum absolute atomic E-state index is 10.5. The van der Waals surface area contributed by atoms with Gasteiger partial charge in [-0.15, -0.1) is 10.2 Å². The van der Waals surface area contributed by atoms with E-state index in [9.17, 15) is 5.11 Å². The van der Waals surface area contributed by atoms with E-state index in [4.69, 9.17) is 0 Å². The molecule has 26 heavy (non-hydrogen) atoms. The molecule has 136 valence electrons. The Morgan fingerprint density at radius 3 is 2.65 bits per heavy atom. The maximum Gasteiger partial charge on any atom is 0.174 e. The third-order valence-electron chi connectivity index (χ3n) is 5.55. The number of aromatic hydroxyl groups is 1. The minimum Gasteiger partial charge on any atom is -0.507 e. The van der Waals surface area contributed by atoms with Gasteiger partial charge in [0.1, 0.15) is 5.75 Å². The van der Waals surface area contributed by atoms with Crippen molar-refractivity contribution < 1.29 is 5.11 Å². The third-order valence-corrected chi connectivity index (χ3v) is 5.55. The number of tetrazole rings is 1. The minimum atomic E-state index is 0.193. The van der Waals surface area contributed by atoms with Crippen molar-refractivity contribution in [2.24, 2.45) is 0 Å². The first-order chi connectivity index (χ1) is 12.6. The summed E-state index contributed by atoms with van der Waals surface area (Å²) < 4.78 is 0. The maximum atomic E-state index is 10.5. The second-order valence-electron chi connectivity index (χ2n) is 7.21. The first-order valence-corrected chi connectivity index (χ1v) is 9.14. The Morgan fingerprint density at radius 1 is 1.15 bits per heavy atom. The van der Waals surface area contributed by atoms with Crippen molar-refractivity contribution in [2.75, 3.05) is 0 Å². The van der Waals surface area contributed by atoms with Crippen LogP contribution in [0.1, 0.15) is 63.8 Å². The molecule has 1 aliphatic rings. The van der Waals surface area contributed by atoms with E-state index in [-0.39, 0.29) is 5.92 Å². The monoisotopic (exact) mass is 352 g/mol. The molecule has 0 amide bonds. The van der Waals surface area contributed by atoms with Crippen LogP contribution in [0, 0.1) is 20.8 Å². The zero-order valence-corrected chi connectivity index (χ0v) is 15.4. The lowest BCUT2D eigenvalue weighted by molar-refractivity contribution is 0.464. The van der Waals surface area contributed by atoms with Gasteiger partial charge in [0.25, 0.3) is 0 Å². The van der Waals surface area contributed by atoms with Crippen LogP contribution in [0.15, 0.2) is 6.07 Å². The summed E-state index contributed by atoms with van der Waals surface area (Å²) in [6, 6.07) is 2.16. The summed E-state index contributed by atoms with van der Waals surface area (Å²) in [6.45, 7) is 6.11. The van der Waals surface area contributed by atoms with Gasteiger partial charge < -0.3 is 5.11 Å². The molecule has 0 fully saturated rings. The summed E-state index contributed by atoms with van der Waals surface area (Å²) in [6.07, 6.45) is 4.68. The van der Waals surface area contributed by atoms with E-state index in [2.05, 4.69) is 43.8 Å². The van der Waals surface area contributed by atoms with Crippen molar-refractivity contribution >= 4 is 0 Å². The number of fused-ring (bicyclic) bond motifs is 1. The van der Waals surface area contributed by atoms with Gasteiger partial charge in [-0.3, -0.25) is 5.10 Å². The number of nitrogens with one attached hydrogen (secondary N) is 2. The Kier molecular flexibility index (Phi) is 4.22. The quantitative estimate of drug-likeness (QED) is 0.655. The number of phenols is 1. The molecule has 1 aliphatic carbocycles. The number of nitrogens with zero attached hydrogens (tertiary/aromatic N) is 4. The average molecular weight is 352 g/mol. The van der Waals surface area contributed by atoms with Crippen molar-refractivity contribution in [3.8, 4) is 5.75 Å². The van der Waals surface area contributed by atoms with E-state index in [1.807, 2.05) is 13.8 Å². The largest absolute Gasteiger partial charge is 0.507 e. The molecule has 0 saturated carbocycles. The minimum absolute atomic E-state index is 0.193. The Bertz CT molecular complexity index is 909. The Balaban J connectivity index is 1.81. The lowest BCUT2D eigenvalue weighted by Gasteiger charge is -2.22. The highest BCUT2D eigenvalue weighted by atomic mass is 16.3. The zero-order chi connectivity index (χ0) is 18.3. The SMILES string of the molecule is Cc1cc(C(CCc2nn[nH]n2)c2c(C)n[nH]c2C)c2c(c1O)CCC2. The average Bonchev–Trinajstić information content (AvgIpc) is 3.36. The Labute approximate surface area is 152 Å². The third kappa shape index (κ3) is 2.77. The van der Waals surface area contributed by atoms with Crippen LogP contribution in [0.5, 0.6) is 5.75 Å². The normalized spacial score (nSPS) is 14.6. The van der Waals surface area contributed by atoms with Crippen LogP contribution < -0.4 is 0 Å². The number of aromatic amines is 2. The standard InChI is InChI=1S/C19H24N6O/c1-10-9-16(13-5-4-6-15(13)19(10)26)14(7-8-17-22-24-25-23-17)18-11(2)20-21-12(18)3/h9,14,26H,4-8H2,1-3H3,(H,20,21)(H,22,23,24,25). The molecule has 0 radical (unpaired) electrons. The van der Waals surface area contributed by atoms with Crippen molar-refractivity contribution in [1.82, 2.24) is 30.8 Å². The molecule has 7 heteroatoms. The summed E-state index contributed by atoms with van der Waals surface area (Å²) in [5.41, 5.74) is 8.06. The topological polar surface area (TPSA) is 103 Å². The van der Waals surface area contributed by atoms with Gasteiger partial charge in [-0.1, -0.05) is 11.3 Å². The van der Waals surface area contributed by atoms with E-state index in [0.29, 0.717) is 5.75 Å². The van der Waals surface area contributed by atoms with Gasteiger partial charge >= 0.3 is 0 Å². The van der Waals surface area contributed by atoms with Gasteiger partial charge in [0.05, 0.1) is 5.69 Å². The fourth-order valence-corrected chi connectivity index (χ4v) is 4.35. The van der Waals surface area contributed by atoms with Crippen LogP contribution in [0.4, 0.5) is 0 Å². The summed E-state index contributed by atoms with van der Waals surface area (Å²) in [7, 11) is 0. The van der Waals surface area contributed by atoms with Gasteiger partial charge in [0.2, 0.25) is 0 Å². The Morgan fingerprint density at radius 2 is 1.96 bits per heavy atom. The molecule has 0 saturated heterocycles. The number of aryl methyl sites for hydroxylation is 4. The van der Waals surface area contributed by atoms with Crippen molar-refractivity contribution in [1.29, 1.82) is 0 Å². The summed E-state index contributed by atoms with van der Waals surface area (Å²) in [5.74, 6) is 1.39. The first-order valence-electron chi connectivity index (χ1n) is 9.14. The molecule has 3 aromatic rings. The van der Waals surface area contributed by atoms with Gasteiger partial charge in [0, 0.05) is 23.6 Å². The smallest absolute Gasteiger partial charge is 0.174 e. The molecule has 1 aromatic carbocycles. The number of benzene rings is 1. The van der Waals surface area contributed by atoms with Crippen LogP contribution in [0.25, 0.3) is 0 Å². The number of hydrogen-bond donors (Lipinski definition) is 3. The fourth-order valence-electron chi connectivity index (χ4n) is 4.35. The predicted octanol–water partition coefficient (Wildman–Crippen LogP) is 2.81. The molecular formula is C19H24N6O. The summed E-state index contributed by atoms with van der Waals surface area (Å²) >= 11 is 0. The number of rotatable bonds is 5.